The number of nitrogens with zero attached hydrogens (tertiary/aromatic N) is 3. The van der Waals surface area contributed by atoms with Gasteiger partial charge in [-0.1, -0.05) is 6.07 Å². The van der Waals surface area contributed by atoms with E-state index in [4.69, 9.17) is 26.3 Å². The van der Waals surface area contributed by atoms with Gasteiger partial charge in [0.2, 0.25) is 0 Å². The third kappa shape index (κ3) is 3.74. The van der Waals surface area contributed by atoms with Gasteiger partial charge in [0.05, 0.1) is 22.2 Å². The zero-order valence-electron chi connectivity index (χ0n) is 18.3. The van der Waals surface area contributed by atoms with Gasteiger partial charge in [0.25, 0.3) is 5.91 Å². The first kappa shape index (κ1) is 21.4. The Labute approximate surface area is 194 Å². The molecule has 1 saturated heterocycles. The number of amides is 2. The van der Waals surface area contributed by atoms with Gasteiger partial charge in [-0.15, -0.1) is 0 Å². The smallest absolute Gasteiger partial charge is 0.407 e. The molecular formula is C23H27N5O4S. The number of aromatic nitrogens is 1. The summed E-state index contributed by atoms with van der Waals surface area (Å²) in [5, 5.41) is 10.1. The number of piperazine rings is 1. The molecule has 9 nitrogen and oxygen atoms in total. The Kier molecular flexibility index (Phi) is 5.32. The minimum Gasteiger partial charge on any atom is -0.492 e. The van der Waals surface area contributed by atoms with Crippen LogP contribution in [0.15, 0.2) is 40.3 Å². The number of primary amides is 1. The molecule has 3 aliphatic heterocycles. The van der Waals surface area contributed by atoms with Crippen molar-refractivity contribution in [3.05, 3.63) is 52.1 Å². The zero-order valence-corrected chi connectivity index (χ0v) is 19.2. The largest absolute Gasteiger partial charge is 0.492 e. The molecule has 1 fully saturated rings. The molecular weight excluding hydrogens is 442 g/mol. The highest BCUT2D eigenvalue weighted by molar-refractivity contribution is 8.22. The summed E-state index contributed by atoms with van der Waals surface area (Å²) < 4.78 is 6.19. The van der Waals surface area contributed by atoms with E-state index in [9.17, 15) is 9.59 Å². The highest BCUT2D eigenvalue weighted by Crippen LogP contribution is 2.57. The molecule has 10 heteroatoms. The number of thiol groups is 1. The van der Waals surface area contributed by atoms with Gasteiger partial charge in [-0.2, -0.15) is 10.9 Å². The van der Waals surface area contributed by atoms with Crippen LogP contribution >= 0.6 is 10.9 Å². The summed E-state index contributed by atoms with van der Waals surface area (Å²) in [5.74, 6) is 0.338. The summed E-state index contributed by atoms with van der Waals surface area (Å²) in [7, 11) is -1.12. The van der Waals surface area contributed by atoms with Crippen molar-refractivity contribution in [3.8, 4) is 5.75 Å². The maximum atomic E-state index is 12.3. The van der Waals surface area contributed by atoms with Crippen molar-refractivity contribution < 1.29 is 19.4 Å². The van der Waals surface area contributed by atoms with Crippen LogP contribution in [0, 0.1) is 6.92 Å². The molecule has 0 bridgehead atoms. The van der Waals surface area contributed by atoms with Gasteiger partial charge in [0.1, 0.15) is 5.75 Å². The monoisotopic (exact) mass is 469 g/mol. The first-order valence-corrected chi connectivity index (χ1v) is 12.3. The highest BCUT2D eigenvalue weighted by Gasteiger charge is 2.39. The second kappa shape index (κ2) is 8.18. The summed E-state index contributed by atoms with van der Waals surface area (Å²) in [6, 6.07) is 9.96. The lowest BCUT2D eigenvalue weighted by Crippen LogP contribution is -2.48. The third-order valence-corrected chi connectivity index (χ3v) is 9.28. The third-order valence-electron chi connectivity index (χ3n) is 6.48. The van der Waals surface area contributed by atoms with Gasteiger partial charge in [0, 0.05) is 54.4 Å². The van der Waals surface area contributed by atoms with E-state index in [1.807, 2.05) is 25.1 Å². The van der Waals surface area contributed by atoms with Crippen molar-refractivity contribution >= 4 is 34.3 Å². The molecule has 33 heavy (non-hydrogen) atoms. The fourth-order valence-electron chi connectivity index (χ4n) is 4.77. The molecule has 2 atom stereocenters. The number of aryl methyl sites for hydroxylation is 1. The topological polar surface area (TPSA) is 135 Å². The molecule has 2 amide bonds. The SMILES string of the molecule is Cc1ccc2c(n1)[SH]([C@@H]1COc3cc(N4CCN(C(=O)O)CC4)ccc3C1)C(C(N)=O)=C2N. The van der Waals surface area contributed by atoms with E-state index < -0.39 is 22.9 Å². The lowest BCUT2D eigenvalue weighted by molar-refractivity contribution is -0.113. The lowest BCUT2D eigenvalue weighted by atomic mass is 10.0. The molecule has 4 heterocycles. The number of hydrogen-bond donors (Lipinski definition) is 4. The van der Waals surface area contributed by atoms with Crippen LogP contribution in [0.5, 0.6) is 5.75 Å². The minimum atomic E-state index is -1.12. The van der Waals surface area contributed by atoms with Crippen LogP contribution in [0.3, 0.4) is 0 Å². The van der Waals surface area contributed by atoms with Crippen molar-refractivity contribution in [2.24, 2.45) is 11.5 Å². The Morgan fingerprint density at radius 1 is 1.18 bits per heavy atom. The van der Waals surface area contributed by atoms with Crippen molar-refractivity contribution in [2.75, 3.05) is 37.7 Å². The number of hydrogen-bond acceptors (Lipinski definition) is 6. The second-order valence-electron chi connectivity index (χ2n) is 8.54. The van der Waals surface area contributed by atoms with E-state index in [0.717, 1.165) is 39.7 Å². The number of ether oxygens (including phenoxy) is 1. The summed E-state index contributed by atoms with van der Waals surface area (Å²) in [6.45, 7) is 4.63. The van der Waals surface area contributed by atoms with Crippen LogP contribution in [0.1, 0.15) is 16.8 Å². The first-order valence-electron chi connectivity index (χ1n) is 10.9. The first-order chi connectivity index (χ1) is 15.8. The van der Waals surface area contributed by atoms with Crippen LogP contribution in [-0.2, 0) is 11.2 Å². The highest BCUT2D eigenvalue weighted by atomic mass is 32.2. The lowest BCUT2D eigenvalue weighted by Gasteiger charge is -2.36. The van der Waals surface area contributed by atoms with Crippen molar-refractivity contribution in [2.45, 2.75) is 23.6 Å². The molecule has 5 rings (SSSR count). The molecule has 0 aliphatic carbocycles. The molecule has 2 aromatic rings. The fourth-order valence-corrected chi connectivity index (χ4v) is 7.63. The van der Waals surface area contributed by atoms with E-state index in [1.165, 1.54) is 4.90 Å². The quantitative estimate of drug-likeness (QED) is 0.502. The number of carboxylic acid groups (broad SMARTS) is 1. The average molecular weight is 470 g/mol. The Bertz CT molecular complexity index is 1180. The Morgan fingerprint density at radius 3 is 2.64 bits per heavy atom. The van der Waals surface area contributed by atoms with Gasteiger partial charge in [-0.05, 0) is 37.1 Å². The molecule has 3 aliphatic rings. The number of benzene rings is 1. The van der Waals surface area contributed by atoms with E-state index in [-0.39, 0.29) is 5.25 Å². The Balaban J connectivity index is 1.38. The Hall–Kier alpha value is -3.40. The molecule has 5 N–H and O–H groups in total. The zero-order chi connectivity index (χ0) is 23.3. The van der Waals surface area contributed by atoms with Gasteiger partial charge in [-0.3, -0.25) is 4.79 Å². The summed E-state index contributed by atoms with van der Waals surface area (Å²) in [6.07, 6.45) is -0.132. The van der Waals surface area contributed by atoms with E-state index in [1.54, 1.807) is 0 Å². The number of carbonyl (C=O) groups excluding carboxylic acids is 1. The number of pyridine rings is 1. The van der Waals surface area contributed by atoms with Crippen molar-refractivity contribution in [3.63, 3.8) is 0 Å². The summed E-state index contributed by atoms with van der Waals surface area (Å²) >= 11 is 0. The number of anilines is 1. The predicted octanol–water partition coefficient (Wildman–Crippen LogP) is 1.68. The molecule has 0 spiro atoms. The standard InChI is InChI=1S/C23H27N5O4S/c1-13-2-5-17-19(24)20(21(25)29)33(22(17)26-13)16-10-14-3-4-15(11-18(14)32-12-16)27-6-8-28(9-7-27)23(30)31/h2-5,11,16,33H,6-10,12,24H2,1H3,(H2,25,29)(H,30,31)/t16-/m0/s1. The van der Waals surface area contributed by atoms with Gasteiger partial charge < -0.3 is 31.1 Å². The molecule has 1 aromatic heterocycles. The number of fused-ring (bicyclic) bond motifs is 2. The second-order valence-corrected chi connectivity index (χ2v) is 10.9. The molecule has 0 radical (unpaired) electrons. The number of carbonyl (C=O) groups is 2. The number of nitrogens with two attached hydrogens (primary N) is 2. The summed E-state index contributed by atoms with van der Waals surface area (Å²) in [5.41, 5.74) is 16.3. The van der Waals surface area contributed by atoms with Gasteiger partial charge >= 0.3 is 6.09 Å². The number of rotatable bonds is 3. The van der Waals surface area contributed by atoms with E-state index >= 15 is 0 Å². The van der Waals surface area contributed by atoms with Crippen molar-refractivity contribution in [1.82, 2.24) is 9.88 Å². The average Bonchev–Trinajstić information content (AvgIpc) is 3.10. The normalized spacial score (nSPS) is 23.1. The molecule has 1 aromatic carbocycles. The molecule has 1 unspecified atom stereocenters. The fraction of sp³-hybridized carbons (Fsp3) is 0.348. The van der Waals surface area contributed by atoms with Crippen LogP contribution in [0.2, 0.25) is 0 Å². The van der Waals surface area contributed by atoms with Crippen LogP contribution < -0.4 is 21.1 Å². The van der Waals surface area contributed by atoms with Crippen LogP contribution in [0.4, 0.5) is 10.5 Å². The van der Waals surface area contributed by atoms with E-state index in [2.05, 4.69) is 17.0 Å². The molecule has 174 valence electrons. The van der Waals surface area contributed by atoms with Gasteiger partial charge in [-0.25, -0.2) is 9.78 Å². The van der Waals surface area contributed by atoms with Gasteiger partial charge in [0.15, 0.2) is 0 Å². The minimum absolute atomic E-state index is 0.0501. The summed E-state index contributed by atoms with van der Waals surface area (Å²) in [4.78, 5) is 32.3. The molecule has 0 saturated carbocycles. The maximum Gasteiger partial charge on any atom is 0.407 e. The predicted molar refractivity (Wildman–Crippen MR) is 128 cm³/mol. The Morgan fingerprint density at radius 2 is 1.94 bits per heavy atom. The van der Waals surface area contributed by atoms with Crippen LogP contribution in [0.25, 0.3) is 5.70 Å². The van der Waals surface area contributed by atoms with E-state index in [0.29, 0.717) is 43.4 Å². The van der Waals surface area contributed by atoms with Crippen LogP contribution in [-0.4, -0.2) is 65.0 Å². The maximum absolute atomic E-state index is 12.3. The van der Waals surface area contributed by atoms with Crippen molar-refractivity contribution in [1.29, 1.82) is 0 Å².